The number of hydrogen-bond acceptors (Lipinski definition) is 3. The van der Waals surface area contributed by atoms with E-state index in [0.29, 0.717) is 12.4 Å². The number of halogens is 2. The summed E-state index contributed by atoms with van der Waals surface area (Å²) in [5.74, 6) is 0.132. The van der Waals surface area contributed by atoms with Crippen LogP contribution in [-0.4, -0.2) is 9.78 Å². The third-order valence-corrected chi connectivity index (χ3v) is 4.31. The van der Waals surface area contributed by atoms with E-state index in [0.717, 1.165) is 28.0 Å². The molecular weight excluding hydrogens is 337 g/mol. The lowest BCUT2D eigenvalue weighted by atomic mass is 10.1. The van der Waals surface area contributed by atoms with Crippen molar-refractivity contribution < 1.29 is 9.13 Å². The van der Waals surface area contributed by atoms with Gasteiger partial charge in [0.2, 0.25) is 0 Å². The van der Waals surface area contributed by atoms with Gasteiger partial charge in [0.05, 0.1) is 15.9 Å². The van der Waals surface area contributed by atoms with Gasteiger partial charge in [-0.3, -0.25) is 4.68 Å². The molecule has 0 aliphatic rings. The summed E-state index contributed by atoms with van der Waals surface area (Å²) in [6.07, 6.45) is 0. The maximum Gasteiger partial charge on any atom is 0.131 e. The van der Waals surface area contributed by atoms with Crippen molar-refractivity contribution in [3.8, 4) is 5.75 Å². The van der Waals surface area contributed by atoms with E-state index in [4.69, 9.17) is 10.5 Å². The molecule has 0 fully saturated rings. The molecule has 2 rings (SSSR count). The molecule has 0 aliphatic heterocycles. The Morgan fingerprint density at radius 2 is 2.19 bits per heavy atom. The first-order valence-electron chi connectivity index (χ1n) is 6.83. The Balaban J connectivity index is 2.26. The first-order valence-corrected chi connectivity index (χ1v) is 7.63. The van der Waals surface area contributed by atoms with E-state index < -0.39 is 0 Å². The van der Waals surface area contributed by atoms with Crippen LogP contribution in [0.2, 0.25) is 0 Å². The highest BCUT2D eigenvalue weighted by atomic mass is 79.9. The highest BCUT2D eigenvalue weighted by Gasteiger charge is 2.15. The summed E-state index contributed by atoms with van der Waals surface area (Å²) in [6, 6.07) is 4.20. The number of nitrogens with two attached hydrogens (primary N) is 1. The first-order chi connectivity index (χ1) is 9.93. The highest BCUT2D eigenvalue weighted by molar-refractivity contribution is 9.10. The average Bonchev–Trinajstić information content (AvgIpc) is 2.71. The van der Waals surface area contributed by atoms with Crippen molar-refractivity contribution in [2.75, 3.05) is 0 Å². The van der Waals surface area contributed by atoms with Gasteiger partial charge in [0.25, 0.3) is 0 Å². The Kier molecular flexibility index (Phi) is 5.00. The molecule has 1 aromatic heterocycles. The Hall–Kier alpha value is -1.40. The molecule has 0 unspecified atom stereocenters. The van der Waals surface area contributed by atoms with Gasteiger partial charge in [-0.2, -0.15) is 5.10 Å². The van der Waals surface area contributed by atoms with Crippen molar-refractivity contribution in [3.63, 3.8) is 0 Å². The van der Waals surface area contributed by atoms with Crippen LogP contribution in [0.4, 0.5) is 4.39 Å². The van der Waals surface area contributed by atoms with E-state index in [2.05, 4.69) is 21.0 Å². The standard InChI is InChI=1S/C15H19BrFN3O/c1-4-20-13(15(16)10(3)19-20)8-21-14-7-11(17)5-6-12(14)9(2)18/h5-7,9H,4,8,18H2,1-3H3/t9-/m0/s1. The molecule has 0 bridgehead atoms. The Morgan fingerprint density at radius 3 is 2.81 bits per heavy atom. The fourth-order valence-corrected chi connectivity index (χ4v) is 2.56. The lowest BCUT2D eigenvalue weighted by molar-refractivity contribution is 0.286. The molecule has 6 heteroatoms. The molecule has 1 aromatic carbocycles. The van der Waals surface area contributed by atoms with Gasteiger partial charge >= 0.3 is 0 Å². The predicted octanol–water partition coefficient (Wildman–Crippen LogP) is 3.71. The summed E-state index contributed by atoms with van der Waals surface area (Å²) in [4.78, 5) is 0. The van der Waals surface area contributed by atoms with Crippen LogP contribution < -0.4 is 10.5 Å². The van der Waals surface area contributed by atoms with Crippen LogP contribution in [0.5, 0.6) is 5.75 Å². The Morgan fingerprint density at radius 1 is 1.48 bits per heavy atom. The van der Waals surface area contributed by atoms with Gasteiger partial charge in [0.15, 0.2) is 0 Å². The molecule has 21 heavy (non-hydrogen) atoms. The number of benzene rings is 1. The first kappa shape index (κ1) is 16.0. The molecule has 0 saturated heterocycles. The molecule has 2 N–H and O–H groups in total. The van der Waals surface area contributed by atoms with Crippen molar-refractivity contribution in [1.29, 1.82) is 0 Å². The van der Waals surface area contributed by atoms with Crippen LogP contribution >= 0.6 is 15.9 Å². The lowest BCUT2D eigenvalue weighted by Gasteiger charge is -2.14. The van der Waals surface area contributed by atoms with E-state index in [1.165, 1.54) is 12.1 Å². The molecule has 4 nitrogen and oxygen atoms in total. The van der Waals surface area contributed by atoms with Gasteiger partial charge < -0.3 is 10.5 Å². The van der Waals surface area contributed by atoms with Crippen molar-refractivity contribution >= 4 is 15.9 Å². The minimum Gasteiger partial charge on any atom is -0.487 e. The maximum absolute atomic E-state index is 13.4. The molecule has 1 heterocycles. The fourth-order valence-electron chi connectivity index (χ4n) is 2.16. The van der Waals surface area contributed by atoms with Gasteiger partial charge in [-0.25, -0.2) is 4.39 Å². The smallest absolute Gasteiger partial charge is 0.131 e. The molecule has 2 aromatic rings. The molecule has 114 valence electrons. The second-order valence-corrected chi connectivity index (χ2v) is 5.71. The lowest BCUT2D eigenvalue weighted by Crippen LogP contribution is -2.10. The van der Waals surface area contributed by atoms with Crippen LogP contribution in [0.3, 0.4) is 0 Å². The summed E-state index contributed by atoms with van der Waals surface area (Å²) in [5.41, 5.74) is 8.51. The van der Waals surface area contributed by atoms with Crippen LogP contribution in [0.25, 0.3) is 0 Å². The summed E-state index contributed by atoms with van der Waals surface area (Å²) < 4.78 is 22.0. The second kappa shape index (κ2) is 6.58. The molecule has 0 spiro atoms. The van der Waals surface area contributed by atoms with E-state index >= 15 is 0 Å². The van der Waals surface area contributed by atoms with Crippen molar-refractivity contribution in [2.45, 2.75) is 40.0 Å². The van der Waals surface area contributed by atoms with Gasteiger partial charge in [0.1, 0.15) is 18.2 Å². The van der Waals surface area contributed by atoms with Crippen LogP contribution in [0, 0.1) is 12.7 Å². The zero-order chi connectivity index (χ0) is 15.6. The normalized spacial score (nSPS) is 12.5. The van der Waals surface area contributed by atoms with Crippen molar-refractivity contribution in [2.24, 2.45) is 5.73 Å². The van der Waals surface area contributed by atoms with Gasteiger partial charge in [-0.1, -0.05) is 6.07 Å². The summed E-state index contributed by atoms with van der Waals surface area (Å²) in [6.45, 7) is 6.83. The number of rotatable bonds is 5. The summed E-state index contributed by atoms with van der Waals surface area (Å²) in [5, 5.41) is 4.41. The molecule has 0 radical (unpaired) electrons. The third-order valence-electron chi connectivity index (χ3n) is 3.28. The van der Waals surface area contributed by atoms with E-state index in [1.54, 1.807) is 6.07 Å². The number of aromatic nitrogens is 2. The van der Waals surface area contributed by atoms with Gasteiger partial charge in [0, 0.05) is 24.2 Å². The van der Waals surface area contributed by atoms with Crippen molar-refractivity contribution in [1.82, 2.24) is 9.78 Å². The zero-order valence-electron chi connectivity index (χ0n) is 12.4. The summed E-state index contributed by atoms with van der Waals surface area (Å²) >= 11 is 3.52. The van der Waals surface area contributed by atoms with Gasteiger partial charge in [-0.05, 0) is 42.8 Å². The third kappa shape index (κ3) is 3.44. The largest absolute Gasteiger partial charge is 0.487 e. The monoisotopic (exact) mass is 355 g/mol. The summed E-state index contributed by atoms with van der Waals surface area (Å²) in [7, 11) is 0. The Labute approximate surface area is 132 Å². The van der Waals surface area contributed by atoms with Crippen LogP contribution in [0.1, 0.15) is 36.8 Å². The van der Waals surface area contributed by atoms with Crippen LogP contribution in [-0.2, 0) is 13.2 Å². The minimum atomic E-state index is -0.339. The number of aryl methyl sites for hydroxylation is 2. The number of ether oxygens (including phenoxy) is 1. The quantitative estimate of drug-likeness (QED) is 0.889. The molecule has 0 saturated carbocycles. The van der Waals surface area contributed by atoms with Gasteiger partial charge in [-0.15, -0.1) is 0 Å². The molecule has 1 atom stereocenters. The highest BCUT2D eigenvalue weighted by Crippen LogP contribution is 2.27. The number of hydrogen-bond donors (Lipinski definition) is 1. The average molecular weight is 356 g/mol. The number of nitrogens with zero attached hydrogens (tertiary/aromatic N) is 2. The minimum absolute atomic E-state index is 0.220. The van der Waals surface area contributed by atoms with E-state index in [-0.39, 0.29) is 11.9 Å². The Bertz CT molecular complexity index is 640. The maximum atomic E-state index is 13.4. The molecule has 0 aliphatic carbocycles. The van der Waals surface area contributed by atoms with Crippen molar-refractivity contribution in [3.05, 3.63) is 45.4 Å². The topological polar surface area (TPSA) is 53.1 Å². The zero-order valence-corrected chi connectivity index (χ0v) is 13.9. The van der Waals surface area contributed by atoms with E-state index in [9.17, 15) is 4.39 Å². The molecular formula is C15H19BrFN3O. The SMILES string of the molecule is CCn1nc(C)c(Br)c1COc1cc(F)ccc1[C@H](C)N. The van der Waals surface area contributed by atoms with E-state index in [1.807, 2.05) is 25.5 Å². The second-order valence-electron chi connectivity index (χ2n) is 4.92. The van der Waals surface area contributed by atoms with Crippen LogP contribution in [0.15, 0.2) is 22.7 Å². The fraction of sp³-hybridized carbons (Fsp3) is 0.400. The molecule has 0 amide bonds. The predicted molar refractivity (Wildman–Crippen MR) is 83.7 cm³/mol.